The highest BCUT2D eigenvalue weighted by Crippen LogP contribution is 2.32. The molecule has 3 aromatic rings. The lowest BCUT2D eigenvalue weighted by Gasteiger charge is -2.34. The fraction of sp³-hybridized carbons (Fsp3) is 0.519. The van der Waals surface area contributed by atoms with E-state index in [-0.39, 0.29) is 12.0 Å². The van der Waals surface area contributed by atoms with E-state index in [1.807, 2.05) is 11.4 Å². The molecule has 0 unspecified atom stereocenters. The molecule has 190 valence electrons. The van der Waals surface area contributed by atoms with E-state index in [4.69, 9.17) is 19.6 Å². The third-order valence-electron chi connectivity index (χ3n) is 7.76. The van der Waals surface area contributed by atoms with Crippen LogP contribution in [0, 0.1) is 19.7 Å². The van der Waals surface area contributed by atoms with Gasteiger partial charge >= 0.3 is 0 Å². The zero-order chi connectivity index (χ0) is 25.0. The van der Waals surface area contributed by atoms with E-state index in [1.54, 1.807) is 4.90 Å². The highest BCUT2D eigenvalue weighted by molar-refractivity contribution is 5.97. The smallest absolute Gasteiger partial charge is 0.258 e. The van der Waals surface area contributed by atoms with E-state index < -0.39 is 5.82 Å². The van der Waals surface area contributed by atoms with Gasteiger partial charge in [0.15, 0.2) is 5.65 Å². The number of carbonyl (C=O) groups is 1. The predicted molar refractivity (Wildman–Crippen MR) is 132 cm³/mol. The van der Waals surface area contributed by atoms with Crippen LogP contribution in [0.4, 0.5) is 4.39 Å². The molecule has 6 rings (SSSR count). The molecule has 3 aliphatic heterocycles. The molecule has 0 N–H and O–H groups in total. The van der Waals surface area contributed by atoms with Crippen molar-refractivity contribution in [2.75, 3.05) is 26.3 Å². The Morgan fingerprint density at radius 2 is 2.08 bits per heavy atom. The first-order valence-corrected chi connectivity index (χ1v) is 12.9. The SMILES string of the molecule is CCCc1c(C)nc2c3c(nn2c1C)CN(C(=O)c1ccc(F)cc1O[C@@H]1CCN(C2COC2)C1)C3. The molecule has 0 spiro atoms. The van der Waals surface area contributed by atoms with Gasteiger partial charge in [0.25, 0.3) is 5.91 Å². The van der Waals surface area contributed by atoms with Crippen LogP contribution < -0.4 is 4.74 Å². The average molecular weight is 494 g/mol. The second kappa shape index (κ2) is 9.12. The topological polar surface area (TPSA) is 72.2 Å². The van der Waals surface area contributed by atoms with Gasteiger partial charge in [-0.25, -0.2) is 13.9 Å². The molecule has 9 heteroatoms. The lowest BCUT2D eigenvalue weighted by molar-refractivity contribution is -0.0592. The molecule has 2 saturated heterocycles. The Hall–Kier alpha value is -3.04. The maximum atomic E-state index is 14.2. The minimum absolute atomic E-state index is 0.0774. The summed E-state index contributed by atoms with van der Waals surface area (Å²) in [6.45, 7) is 10.3. The van der Waals surface area contributed by atoms with Crippen LogP contribution in [0.2, 0.25) is 0 Å². The molecule has 3 aliphatic rings. The summed E-state index contributed by atoms with van der Waals surface area (Å²) in [4.78, 5) is 22.6. The van der Waals surface area contributed by atoms with Crippen molar-refractivity contribution in [1.82, 2.24) is 24.4 Å². The number of benzene rings is 1. The van der Waals surface area contributed by atoms with Crippen LogP contribution in [0.15, 0.2) is 18.2 Å². The van der Waals surface area contributed by atoms with Gasteiger partial charge in [0.1, 0.15) is 17.7 Å². The molecule has 2 fully saturated rings. The Morgan fingerprint density at radius 3 is 2.83 bits per heavy atom. The van der Waals surface area contributed by atoms with Crippen LogP contribution in [0.3, 0.4) is 0 Å². The summed E-state index contributed by atoms with van der Waals surface area (Å²) in [6.07, 6.45) is 2.79. The zero-order valence-electron chi connectivity index (χ0n) is 21.1. The third kappa shape index (κ3) is 3.94. The molecule has 0 radical (unpaired) electrons. The van der Waals surface area contributed by atoms with Crippen LogP contribution in [0.25, 0.3) is 5.65 Å². The summed E-state index contributed by atoms with van der Waals surface area (Å²) in [6, 6.07) is 4.63. The molecular formula is C27H32FN5O3. The largest absolute Gasteiger partial charge is 0.488 e. The Morgan fingerprint density at radius 1 is 1.25 bits per heavy atom. The second-order valence-corrected chi connectivity index (χ2v) is 10.2. The lowest BCUT2D eigenvalue weighted by Crippen LogP contribution is -2.48. The fourth-order valence-electron chi connectivity index (χ4n) is 5.66. The van der Waals surface area contributed by atoms with Crippen LogP contribution in [-0.2, 0) is 24.2 Å². The molecule has 8 nitrogen and oxygen atoms in total. The number of carbonyl (C=O) groups excluding carboxylic acids is 1. The van der Waals surface area contributed by atoms with Gasteiger partial charge < -0.3 is 14.4 Å². The van der Waals surface area contributed by atoms with Gasteiger partial charge in [0, 0.05) is 36.1 Å². The zero-order valence-corrected chi connectivity index (χ0v) is 21.1. The predicted octanol–water partition coefficient (Wildman–Crippen LogP) is 3.45. The van der Waals surface area contributed by atoms with E-state index in [9.17, 15) is 9.18 Å². The molecule has 0 saturated carbocycles. The molecule has 5 heterocycles. The van der Waals surface area contributed by atoms with Crippen LogP contribution in [0.5, 0.6) is 5.75 Å². The Bertz CT molecular complexity index is 1330. The van der Waals surface area contributed by atoms with E-state index >= 15 is 0 Å². The van der Waals surface area contributed by atoms with Crippen molar-refractivity contribution in [3.05, 3.63) is 57.8 Å². The number of hydrogen-bond donors (Lipinski definition) is 0. The highest BCUT2D eigenvalue weighted by Gasteiger charge is 2.35. The fourth-order valence-corrected chi connectivity index (χ4v) is 5.66. The van der Waals surface area contributed by atoms with Crippen molar-refractivity contribution in [3.63, 3.8) is 0 Å². The number of amides is 1. The van der Waals surface area contributed by atoms with Crippen molar-refractivity contribution >= 4 is 11.6 Å². The number of nitrogens with zero attached hydrogens (tertiary/aromatic N) is 5. The number of fused-ring (bicyclic) bond motifs is 3. The molecule has 36 heavy (non-hydrogen) atoms. The monoisotopic (exact) mass is 493 g/mol. The van der Waals surface area contributed by atoms with Crippen molar-refractivity contribution in [1.29, 1.82) is 0 Å². The van der Waals surface area contributed by atoms with Crippen molar-refractivity contribution in [3.8, 4) is 5.75 Å². The Balaban J connectivity index is 1.22. The van der Waals surface area contributed by atoms with E-state index in [0.717, 1.165) is 73.9 Å². The quantitative estimate of drug-likeness (QED) is 0.524. The molecule has 1 aromatic carbocycles. The summed E-state index contributed by atoms with van der Waals surface area (Å²) >= 11 is 0. The number of halogens is 1. The van der Waals surface area contributed by atoms with E-state index in [2.05, 4.69) is 18.7 Å². The van der Waals surface area contributed by atoms with Gasteiger partial charge in [-0.2, -0.15) is 5.10 Å². The summed E-state index contributed by atoms with van der Waals surface area (Å²) in [7, 11) is 0. The van der Waals surface area contributed by atoms with Crippen LogP contribution >= 0.6 is 0 Å². The molecule has 0 aliphatic carbocycles. The number of hydrogen-bond acceptors (Lipinski definition) is 6. The lowest BCUT2D eigenvalue weighted by atomic mass is 10.1. The average Bonchev–Trinajstić information content (AvgIpc) is 3.51. The number of ether oxygens (including phenoxy) is 2. The highest BCUT2D eigenvalue weighted by atomic mass is 19.1. The van der Waals surface area contributed by atoms with Crippen LogP contribution in [-0.4, -0.2) is 68.8 Å². The first-order valence-electron chi connectivity index (χ1n) is 12.9. The number of aryl methyl sites for hydroxylation is 2. The second-order valence-electron chi connectivity index (χ2n) is 10.2. The first-order chi connectivity index (χ1) is 17.4. The van der Waals surface area contributed by atoms with Gasteiger partial charge in [-0.1, -0.05) is 13.3 Å². The summed E-state index contributed by atoms with van der Waals surface area (Å²) in [5, 5.41) is 4.81. The summed E-state index contributed by atoms with van der Waals surface area (Å²) < 4.78 is 27.6. The van der Waals surface area contributed by atoms with Gasteiger partial charge in [0.2, 0.25) is 0 Å². The van der Waals surface area contributed by atoms with Crippen molar-refractivity contribution in [2.45, 2.75) is 65.3 Å². The first kappa shape index (κ1) is 23.4. The summed E-state index contributed by atoms with van der Waals surface area (Å²) in [5.74, 6) is -0.284. The van der Waals surface area contributed by atoms with Crippen molar-refractivity contribution < 1.29 is 18.7 Å². The maximum Gasteiger partial charge on any atom is 0.258 e. The summed E-state index contributed by atoms with van der Waals surface area (Å²) in [5.41, 5.74) is 6.42. The molecule has 2 aromatic heterocycles. The molecular weight excluding hydrogens is 461 g/mol. The number of likely N-dealkylation sites (tertiary alicyclic amines) is 1. The molecule has 1 atom stereocenters. The Kier molecular flexibility index (Phi) is 5.92. The van der Waals surface area contributed by atoms with Gasteiger partial charge in [-0.15, -0.1) is 0 Å². The van der Waals surface area contributed by atoms with Crippen LogP contribution in [0.1, 0.15) is 58.3 Å². The van der Waals surface area contributed by atoms with E-state index in [1.165, 1.54) is 23.8 Å². The number of rotatable bonds is 6. The molecule has 1 amide bonds. The van der Waals surface area contributed by atoms with E-state index in [0.29, 0.717) is 30.4 Å². The Labute approximate surface area is 210 Å². The normalized spacial score (nSPS) is 20.2. The minimum Gasteiger partial charge on any atom is -0.488 e. The van der Waals surface area contributed by atoms with Gasteiger partial charge in [-0.05, 0) is 44.4 Å². The maximum absolute atomic E-state index is 14.2. The standard InChI is InChI=1S/C27H32FN5O3/c1-4-5-21-16(2)29-26-23-12-32(13-24(23)30-33(26)17(21)3)27(34)22-7-6-18(28)10-25(22)36-20-8-9-31(11-20)19-14-35-15-19/h6-7,10,19-20H,4-5,8-9,11-15H2,1-3H3/t20-/m1/s1. The molecule has 0 bridgehead atoms. The van der Waals surface area contributed by atoms with Gasteiger partial charge in [0.05, 0.1) is 43.6 Å². The third-order valence-corrected chi connectivity index (χ3v) is 7.76. The minimum atomic E-state index is -0.413. The van der Waals surface area contributed by atoms with Gasteiger partial charge in [-0.3, -0.25) is 9.69 Å². The number of aromatic nitrogens is 3. The van der Waals surface area contributed by atoms with Crippen molar-refractivity contribution in [2.24, 2.45) is 0 Å².